The molecule has 0 atom stereocenters. The normalized spacial score (nSPS) is 10.8. The molecule has 0 radical (unpaired) electrons. The molecule has 2 aromatic carbocycles. The maximum Gasteiger partial charge on any atom is 0.220 e. The van der Waals surface area contributed by atoms with Gasteiger partial charge in [0.2, 0.25) is 5.95 Å². The van der Waals surface area contributed by atoms with Crippen LogP contribution in [0.4, 0.5) is 10.3 Å². The summed E-state index contributed by atoms with van der Waals surface area (Å²) in [6.07, 6.45) is 0.832. The first-order valence-corrected chi connectivity index (χ1v) is 7.35. The lowest BCUT2D eigenvalue weighted by Crippen LogP contribution is -2.04. The summed E-state index contributed by atoms with van der Waals surface area (Å²) in [5.41, 5.74) is 8.37. The van der Waals surface area contributed by atoms with Crippen molar-refractivity contribution in [3.63, 3.8) is 0 Å². The molecule has 0 amide bonds. The Kier molecular flexibility index (Phi) is 5.16. The van der Waals surface area contributed by atoms with E-state index in [9.17, 15) is 4.39 Å². The summed E-state index contributed by atoms with van der Waals surface area (Å²) >= 11 is 0. The number of nitrogens with zero attached hydrogens (tertiary/aromatic N) is 2. The van der Waals surface area contributed by atoms with Gasteiger partial charge in [-0.15, -0.1) is 12.4 Å². The predicted octanol–water partition coefficient (Wildman–Crippen LogP) is 4.64. The number of nitrogens with two attached hydrogens (primary N) is 1. The van der Waals surface area contributed by atoms with E-state index < -0.39 is 0 Å². The Morgan fingerprint density at radius 1 is 1.04 bits per heavy atom. The molecular weight excluding hydrogens is 313 g/mol. The molecule has 120 valence electrons. The first kappa shape index (κ1) is 17.2. The number of aromatic nitrogens is 2. The van der Waals surface area contributed by atoms with Crippen molar-refractivity contribution in [2.24, 2.45) is 5.92 Å². The van der Waals surface area contributed by atoms with E-state index in [4.69, 9.17) is 5.73 Å². The van der Waals surface area contributed by atoms with Crippen LogP contribution in [-0.4, -0.2) is 9.97 Å². The van der Waals surface area contributed by atoms with Crippen LogP contribution in [0.5, 0.6) is 0 Å². The number of hydrogen-bond acceptors (Lipinski definition) is 3. The van der Waals surface area contributed by atoms with Crippen molar-refractivity contribution < 1.29 is 4.39 Å². The molecule has 2 N–H and O–H groups in total. The second kappa shape index (κ2) is 6.92. The molecule has 0 bridgehead atoms. The van der Waals surface area contributed by atoms with Crippen LogP contribution >= 0.6 is 12.4 Å². The average molecular weight is 332 g/mol. The van der Waals surface area contributed by atoms with Gasteiger partial charge in [-0.1, -0.05) is 38.1 Å². The van der Waals surface area contributed by atoms with Gasteiger partial charge >= 0.3 is 0 Å². The van der Waals surface area contributed by atoms with Gasteiger partial charge in [-0.2, -0.15) is 0 Å². The Morgan fingerprint density at radius 3 is 2.43 bits per heavy atom. The first-order valence-electron chi connectivity index (χ1n) is 7.35. The van der Waals surface area contributed by atoms with E-state index in [2.05, 4.69) is 23.8 Å². The maximum absolute atomic E-state index is 14.0. The van der Waals surface area contributed by atoms with Gasteiger partial charge < -0.3 is 5.73 Å². The smallest absolute Gasteiger partial charge is 0.220 e. The lowest BCUT2D eigenvalue weighted by atomic mass is 10.00. The zero-order chi connectivity index (χ0) is 15.7. The monoisotopic (exact) mass is 331 g/mol. The second-order valence-electron chi connectivity index (χ2n) is 5.84. The first-order chi connectivity index (χ1) is 10.5. The third-order valence-corrected chi connectivity index (χ3v) is 3.56. The molecule has 3 rings (SSSR count). The average Bonchev–Trinajstić information content (AvgIpc) is 2.46. The molecule has 5 heteroatoms. The lowest BCUT2D eigenvalue weighted by Gasteiger charge is -2.10. The largest absolute Gasteiger partial charge is 0.368 e. The van der Waals surface area contributed by atoms with Crippen molar-refractivity contribution in [3.05, 3.63) is 54.0 Å². The van der Waals surface area contributed by atoms with E-state index in [0.717, 1.165) is 28.8 Å². The van der Waals surface area contributed by atoms with Crippen LogP contribution in [0.3, 0.4) is 0 Å². The summed E-state index contributed by atoms with van der Waals surface area (Å²) in [4.78, 5) is 8.63. The van der Waals surface area contributed by atoms with Crippen LogP contribution in [0.1, 0.15) is 19.5 Å². The molecule has 1 aromatic heterocycles. The zero-order valence-electron chi connectivity index (χ0n) is 13.1. The number of halogens is 2. The van der Waals surface area contributed by atoms with Crippen LogP contribution in [0.25, 0.3) is 22.0 Å². The van der Waals surface area contributed by atoms with Crippen molar-refractivity contribution in [1.29, 1.82) is 0 Å². The van der Waals surface area contributed by atoms with E-state index in [-0.39, 0.29) is 24.2 Å². The minimum absolute atomic E-state index is 0. The van der Waals surface area contributed by atoms with Crippen LogP contribution in [0, 0.1) is 11.7 Å². The Hall–Kier alpha value is -2.20. The van der Waals surface area contributed by atoms with E-state index in [0.29, 0.717) is 11.3 Å². The fraction of sp³-hybridized carbons (Fsp3) is 0.222. The van der Waals surface area contributed by atoms with E-state index >= 15 is 0 Å². The summed E-state index contributed by atoms with van der Waals surface area (Å²) in [7, 11) is 0. The minimum atomic E-state index is -0.233. The standard InChI is InChI=1S/C18H18FN3.ClH/c1-11(2)9-12-10-17(22-18(20)21-12)15-7-8-16(19)14-6-4-3-5-13(14)15;/h3-8,10-11H,9H2,1-2H3,(H2,20,21,22);1H. The summed E-state index contributed by atoms with van der Waals surface area (Å²) in [5.74, 6) is 0.498. The topological polar surface area (TPSA) is 51.8 Å². The molecule has 0 saturated carbocycles. The molecule has 0 aliphatic carbocycles. The highest BCUT2D eigenvalue weighted by Crippen LogP contribution is 2.30. The van der Waals surface area contributed by atoms with Gasteiger partial charge in [-0.25, -0.2) is 14.4 Å². The summed E-state index contributed by atoms with van der Waals surface area (Å²) in [6.45, 7) is 4.26. The third-order valence-electron chi connectivity index (χ3n) is 3.56. The Bertz CT molecular complexity index is 834. The lowest BCUT2D eigenvalue weighted by molar-refractivity contribution is 0.635. The van der Waals surface area contributed by atoms with Crippen LogP contribution in [-0.2, 0) is 6.42 Å². The van der Waals surface area contributed by atoms with Crippen molar-refractivity contribution in [3.8, 4) is 11.3 Å². The van der Waals surface area contributed by atoms with Gasteiger partial charge in [0.1, 0.15) is 5.82 Å². The highest BCUT2D eigenvalue weighted by Gasteiger charge is 2.11. The fourth-order valence-corrected chi connectivity index (χ4v) is 2.66. The molecule has 0 fully saturated rings. The Balaban J connectivity index is 0.00000192. The quantitative estimate of drug-likeness (QED) is 0.760. The number of benzene rings is 2. The number of anilines is 1. The van der Waals surface area contributed by atoms with Crippen LogP contribution < -0.4 is 5.73 Å². The number of nitrogen functional groups attached to an aromatic ring is 1. The molecule has 3 aromatic rings. The number of fused-ring (bicyclic) bond motifs is 1. The molecule has 23 heavy (non-hydrogen) atoms. The highest BCUT2D eigenvalue weighted by atomic mass is 35.5. The van der Waals surface area contributed by atoms with Crippen molar-refractivity contribution in [2.75, 3.05) is 5.73 Å². The molecule has 0 aliphatic rings. The molecule has 0 unspecified atom stereocenters. The molecular formula is C18H19ClFN3. The molecule has 1 heterocycles. The molecule has 0 aliphatic heterocycles. The van der Waals surface area contributed by atoms with Gasteiger partial charge in [-0.3, -0.25) is 0 Å². The van der Waals surface area contributed by atoms with Gasteiger partial charge in [0.15, 0.2) is 0 Å². The summed E-state index contributed by atoms with van der Waals surface area (Å²) in [6, 6.07) is 12.5. The van der Waals surface area contributed by atoms with Crippen molar-refractivity contribution in [1.82, 2.24) is 9.97 Å². The SMILES string of the molecule is CC(C)Cc1cc(-c2ccc(F)c3ccccc23)nc(N)n1.Cl. The van der Waals surface area contributed by atoms with E-state index in [1.807, 2.05) is 24.3 Å². The van der Waals surface area contributed by atoms with Crippen molar-refractivity contribution >= 4 is 29.1 Å². The number of hydrogen-bond donors (Lipinski definition) is 1. The predicted molar refractivity (Wildman–Crippen MR) is 95.1 cm³/mol. The number of rotatable bonds is 3. The van der Waals surface area contributed by atoms with Crippen LogP contribution in [0.15, 0.2) is 42.5 Å². The highest BCUT2D eigenvalue weighted by molar-refractivity contribution is 5.96. The van der Waals surface area contributed by atoms with Crippen LogP contribution in [0.2, 0.25) is 0 Å². The molecule has 3 nitrogen and oxygen atoms in total. The Morgan fingerprint density at radius 2 is 1.74 bits per heavy atom. The van der Waals surface area contributed by atoms with E-state index in [1.54, 1.807) is 12.1 Å². The maximum atomic E-state index is 14.0. The molecule has 0 spiro atoms. The van der Waals surface area contributed by atoms with Gasteiger partial charge in [0.25, 0.3) is 0 Å². The minimum Gasteiger partial charge on any atom is -0.368 e. The Labute approximate surface area is 141 Å². The van der Waals surface area contributed by atoms with Gasteiger partial charge in [0.05, 0.1) is 5.69 Å². The summed E-state index contributed by atoms with van der Waals surface area (Å²) in [5, 5.41) is 1.42. The van der Waals surface area contributed by atoms with E-state index in [1.165, 1.54) is 6.07 Å². The van der Waals surface area contributed by atoms with Crippen molar-refractivity contribution in [2.45, 2.75) is 20.3 Å². The van der Waals surface area contributed by atoms with Gasteiger partial charge in [-0.05, 0) is 35.9 Å². The fourth-order valence-electron chi connectivity index (χ4n) is 2.66. The summed E-state index contributed by atoms with van der Waals surface area (Å²) < 4.78 is 14.0. The van der Waals surface area contributed by atoms with Gasteiger partial charge in [0, 0.05) is 16.6 Å². The molecule has 0 saturated heterocycles. The zero-order valence-corrected chi connectivity index (χ0v) is 13.9. The second-order valence-corrected chi connectivity index (χ2v) is 5.84. The third kappa shape index (κ3) is 3.59.